The van der Waals surface area contributed by atoms with E-state index in [-0.39, 0.29) is 6.04 Å². The van der Waals surface area contributed by atoms with Crippen molar-refractivity contribution in [2.75, 3.05) is 5.32 Å². The normalized spacial score (nSPS) is 19.7. The van der Waals surface area contributed by atoms with Crippen LogP contribution in [0.1, 0.15) is 25.7 Å². The van der Waals surface area contributed by atoms with Crippen LogP contribution < -0.4 is 5.32 Å². The third-order valence-corrected chi connectivity index (χ3v) is 5.64. The number of rotatable bonds is 4. The molecule has 6 nitrogen and oxygen atoms in total. The number of ether oxygens (including phenoxy) is 1. The molecule has 160 valence electrons. The van der Waals surface area contributed by atoms with E-state index < -0.39 is 12.5 Å². The summed E-state index contributed by atoms with van der Waals surface area (Å²) in [4.78, 5) is 8.79. The number of alkyl halides is 3. The van der Waals surface area contributed by atoms with Crippen LogP contribution in [0.3, 0.4) is 0 Å². The van der Waals surface area contributed by atoms with Crippen LogP contribution in [0.5, 0.6) is 0 Å². The Balaban J connectivity index is 1.30. The molecule has 1 fully saturated rings. The van der Waals surface area contributed by atoms with Gasteiger partial charge in [-0.25, -0.2) is 9.50 Å². The lowest BCUT2D eigenvalue weighted by Gasteiger charge is -2.29. The van der Waals surface area contributed by atoms with Crippen LogP contribution in [0.4, 0.5) is 19.1 Å². The summed E-state index contributed by atoms with van der Waals surface area (Å²) < 4.78 is 43.0. The maximum absolute atomic E-state index is 12.4. The SMILES string of the molecule is FC(F)(F)O[C@H]1CC[C@@H](Nc2ncc3c(-c4ccc5ncccc5c4)ccn3n2)CC1. The van der Waals surface area contributed by atoms with Crippen LogP contribution in [0.15, 0.2) is 55.0 Å². The van der Waals surface area contributed by atoms with Gasteiger partial charge in [-0.3, -0.25) is 9.72 Å². The van der Waals surface area contributed by atoms with Crippen molar-refractivity contribution in [1.82, 2.24) is 19.6 Å². The van der Waals surface area contributed by atoms with E-state index in [1.54, 1.807) is 16.9 Å². The number of hydrogen-bond acceptors (Lipinski definition) is 5. The molecule has 0 spiro atoms. The maximum Gasteiger partial charge on any atom is 0.522 e. The Bertz CT molecular complexity index is 1210. The van der Waals surface area contributed by atoms with Gasteiger partial charge in [0.2, 0.25) is 5.95 Å². The molecule has 0 aliphatic heterocycles. The molecule has 1 saturated carbocycles. The highest BCUT2D eigenvalue weighted by Crippen LogP contribution is 2.30. The number of pyridine rings is 1. The Labute approximate surface area is 176 Å². The van der Waals surface area contributed by atoms with Crippen molar-refractivity contribution in [3.63, 3.8) is 0 Å². The van der Waals surface area contributed by atoms with Gasteiger partial charge in [-0.1, -0.05) is 12.1 Å². The molecule has 9 heteroatoms. The van der Waals surface area contributed by atoms with Crippen molar-refractivity contribution < 1.29 is 17.9 Å². The van der Waals surface area contributed by atoms with E-state index in [4.69, 9.17) is 0 Å². The standard InChI is InChI=1S/C22H20F3N5O/c23-22(24,25)31-17-6-4-16(5-7-17)28-21-27-13-20-18(9-11-30(20)29-21)14-3-8-19-15(12-14)2-1-10-26-19/h1-3,8-13,16-17H,4-7H2,(H,28,29)/t16-,17+. The lowest BCUT2D eigenvalue weighted by Crippen LogP contribution is -2.33. The summed E-state index contributed by atoms with van der Waals surface area (Å²) in [6, 6.07) is 12.1. The van der Waals surface area contributed by atoms with E-state index in [2.05, 4.69) is 31.2 Å². The van der Waals surface area contributed by atoms with E-state index in [0.717, 1.165) is 27.5 Å². The molecule has 1 aliphatic carbocycles. The largest absolute Gasteiger partial charge is 0.522 e. The Morgan fingerprint density at radius 3 is 2.68 bits per heavy atom. The third-order valence-electron chi connectivity index (χ3n) is 5.64. The molecule has 3 aromatic heterocycles. The van der Waals surface area contributed by atoms with Gasteiger partial charge in [0, 0.05) is 29.4 Å². The Morgan fingerprint density at radius 1 is 1.03 bits per heavy atom. The van der Waals surface area contributed by atoms with E-state index in [1.165, 1.54) is 0 Å². The first-order valence-corrected chi connectivity index (χ1v) is 10.2. The topological polar surface area (TPSA) is 64.3 Å². The highest BCUT2D eigenvalue weighted by molar-refractivity contribution is 5.88. The molecule has 0 saturated heterocycles. The Hall–Kier alpha value is -3.20. The van der Waals surface area contributed by atoms with Crippen molar-refractivity contribution in [3.05, 3.63) is 55.0 Å². The fourth-order valence-corrected chi connectivity index (χ4v) is 4.15. The predicted molar refractivity (Wildman–Crippen MR) is 111 cm³/mol. The lowest BCUT2D eigenvalue weighted by molar-refractivity contribution is -0.345. The van der Waals surface area contributed by atoms with Gasteiger partial charge in [0.25, 0.3) is 0 Å². The van der Waals surface area contributed by atoms with Crippen LogP contribution in [0, 0.1) is 0 Å². The molecule has 5 rings (SSSR count). The third kappa shape index (κ3) is 4.32. The average Bonchev–Trinajstić information content (AvgIpc) is 3.17. The second-order valence-electron chi connectivity index (χ2n) is 7.73. The minimum Gasteiger partial charge on any atom is -0.350 e. The second-order valence-corrected chi connectivity index (χ2v) is 7.73. The summed E-state index contributed by atoms with van der Waals surface area (Å²) in [7, 11) is 0. The average molecular weight is 427 g/mol. The number of fused-ring (bicyclic) bond motifs is 2. The minimum absolute atomic E-state index is 0.0218. The zero-order valence-electron chi connectivity index (χ0n) is 16.5. The molecule has 0 atom stereocenters. The number of benzene rings is 1. The van der Waals surface area contributed by atoms with Crippen molar-refractivity contribution in [2.45, 2.75) is 44.2 Å². The zero-order valence-corrected chi connectivity index (χ0v) is 16.5. The molecule has 31 heavy (non-hydrogen) atoms. The van der Waals surface area contributed by atoms with Crippen LogP contribution in [0.2, 0.25) is 0 Å². The monoisotopic (exact) mass is 427 g/mol. The van der Waals surface area contributed by atoms with E-state index in [0.29, 0.717) is 31.6 Å². The summed E-state index contributed by atoms with van der Waals surface area (Å²) in [6.45, 7) is 0. The van der Waals surface area contributed by atoms with Crippen LogP contribution >= 0.6 is 0 Å². The molecule has 1 aromatic carbocycles. The van der Waals surface area contributed by atoms with Gasteiger partial charge in [-0.15, -0.1) is 18.3 Å². The molecular formula is C22H20F3N5O. The summed E-state index contributed by atoms with van der Waals surface area (Å²) in [6.07, 6.45) is 1.91. The molecule has 0 amide bonds. The highest BCUT2D eigenvalue weighted by Gasteiger charge is 2.35. The van der Waals surface area contributed by atoms with Gasteiger partial charge in [-0.05, 0) is 55.5 Å². The van der Waals surface area contributed by atoms with Gasteiger partial charge < -0.3 is 5.32 Å². The smallest absolute Gasteiger partial charge is 0.350 e. The number of halogens is 3. The summed E-state index contributed by atoms with van der Waals surface area (Å²) in [5.74, 6) is 0.456. The van der Waals surface area contributed by atoms with Crippen molar-refractivity contribution in [3.8, 4) is 11.1 Å². The first kappa shape index (κ1) is 19.7. The lowest BCUT2D eigenvalue weighted by atomic mass is 9.93. The quantitative estimate of drug-likeness (QED) is 0.485. The number of nitrogens with zero attached hydrogens (tertiary/aromatic N) is 4. The Kier molecular flexibility index (Phi) is 4.97. The fraction of sp³-hybridized carbons (Fsp3) is 0.318. The zero-order chi connectivity index (χ0) is 21.4. The van der Waals surface area contributed by atoms with Crippen LogP contribution in [-0.4, -0.2) is 38.1 Å². The first-order valence-electron chi connectivity index (χ1n) is 10.2. The van der Waals surface area contributed by atoms with E-state index >= 15 is 0 Å². The summed E-state index contributed by atoms with van der Waals surface area (Å²) in [5.41, 5.74) is 3.88. The number of aromatic nitrogens is 4. The van der Waals surface area contributed by atoms with Crippen molar-refractivity contribution in [1.29, 1.82) is 0 Å². The van der Waals surface area contributed by atoms with Gasteiger partial charge in [0.15, 0.2) is 0 Å². The number of nitrogens with one attached hydrogen (secondary N) is 1. The molecule has 4 aromatic rings. The van der Waals surface area contributed by atoms with Crippen LogP contribution in [-0.2, 0) is 4.74 Å². The molecule has 0 unspecified atom stereocenters. The maximum atomic E-state index is 12.4. The fourth-order valence-electron chi connectivity index (χ4n) is 4.15. The summed E-state index contributed by atoms with van der Waals surface area (Å²) in [5, 5.41) is 8.83. The second kappa shape index (κ2) is 7.81. The first-order chi connectivity index (χ1) is 14.9. The van der Waals surface area contributed by atoms with Gasteiger partial charge >= 0.3 is 6.36 Å². The summed E-state index contributed by atoms with van der Waals surface area (Å²) >= 11 is 0. The highest BCUT2D eigenvalue weighted by atomic mass is 19.4. The molecule has 0 bridgehead atoms. The van der Waals surface area contributed by atoms with Gasteiger partial charge in [0.05, 0.1) is 23.3 Å². The van der Waals surface area contributed by atoms with Crippen molar-refractivity contribution >= 4 is 22.4 Å². The van der Waals surface area contributed by atoms with Crippen LogP contribution in [0.25, 0.3) is 27.5 Å². The van der Waals surface area contributed by atoms with E-state index in [9.17, 15) is 13.2 Å². The van der Waals surface area contributed by atoms with Crippen molar-refractivity contribution in [2.24, 2.45) is 0 Å². The molecule has 3 heterocycles. The number of anilines is 1. The molecule has 1 N–H and O–H groups in total. The molecule has 1 aliphatic rings. The van der Waals surface area contributed by atoms with Gasteiger partial charge in [0.1, 0.15) is 0 Å². The molecular weight excluding hydrogens is 407 g/mol. The van der Waals surface area contributed by atoms with Gasteiger partial charge in [-0.2, -0.15) is 0 Å². The predicted octanol–water partition coefficient (Wildman–Crippen LogP) is 5.20. The molecule has 0 radical (unpaired) electrons. The number of hydrogen-bond donors (Lipinski definition) is 1. The van der Waals surface area contributed by atoms with E-state index in [1.807, 2.05) is 36.5 Å². The Morgan fingerprint density at radius 2 is 1.87 bits per heavy atom. The minimum atomic E-state index is -4.58.